The van der Waals surface area contributed by atoms with Crippen LogP contribution >= 0.6 is 27.5 Å². The Morgan fingerprint density at radius 3 is 2.63 bits per heavy atom. The Morgan fingerprint density at radius 2 is 2.16 bits per heavy atom. The maximum Gasteiger partial charge on any atom is 0.319 e. The van der Waals surface area contributed by atoms with Gasteiger partial charge in [0.2, 0.25) is 0 Å². The Bertz CT molecular complexity index is 599. The highest BCUT2D eigenvalue weighted by molar-refractivity contribution is 9.10. The second-order valence-electron chi connectivity index (χ2n) is 3.32. The van der Waals surface area contributed by atoms with Gasteiger partial charge in [0.05, 0.1) is 9.50 Å². The second kappa shape index (κ2) is 6.22. The molecule has 4 N–H and O–H groups in total. The van der Waals surface area contributed by atoms with E-state index in [9.17, 15) is 14.7 Å². The summed E-state index contributed by atoms with van der Waals surface area (Å²) in [5.74, 6) is -1.07. The minimum Gasteiger partial charge on any atom is -0.505 e. The number of hydrogen-bond donors (Lipinski definition) is 3. The third kappa shape index (κ3) is 3.98. The standard InChI is InChI=1S/C11H7BrClN3O3/c12-7-2-5(3-8(13)9(7)17)1-6(4-14)10(18)16-11(15)19/h1-3,17H,(H3,15,16,18,19)/b6-1-. The van der Waals surface area contributed by atoms with Gasteiger partial charge in [-0.15, -0.1) is 0 Å². The van der Waals surface area contributed by atoms with E-state index in [1.54, 1.807) is 11.4 Å². The fraction of sp³-hybridized carbons (Fsp3) is 0. The van der Waals surface area contributed by atoms with Gasteiger partial charge in [-0.3, -0.25) is 10.1 Å². The molecule has 8 heteroatoms. The van der Waals surface area contributed by atoms with Crippen LogP contribution in [0.4, 0.5) is 4.79 Å². The quantitative estimate of drug-likeness (QED) is 0.561. The fourth-order valence-corrected chi connectivity index (χ4v) is 1.98. The molecule has 0 aliphatic heterocycles. The number of carbonyl (C=O) groups is 2. The van der Waals surface area contributed by atoms with Gasteiger partial charge < -0.3 is 10.8 Å². The topological polar surface area (TPSA) is 116 Å². The summed E-state index contributed by atoms with van der Waals surface area (Å²) in [6.07, 6.45) is 1.20. The van der Waals surface area contributed by atoms with Crippen LogP contribution in [-0.4, -0.2) is 17.0 Å². The number of carbonyl (C=O) groups excluding carboxylic acids is 2. The maximum absolute atomic E-state index is 11.4. The molecular formula is C11H7BrClN3O3. The molecule has 0 aromatic heterocycles. The molecule has 3 amide bonds. The average molecular weight is 345 g/mol. The third-order valence-corrected chi connectivity index (χ3v) is 2.84. The van der Waals surface area contributed by atoms with E-state index in [4.69, 9.17) is 22.6 Å². The van der Waals surface area contributed by atoms with Gasteiger partial charge in [0.15, 0.2) is 0 Å². The third-order valence-electron chi connectivity index (χ3n) is 1.95. The van der Waals surface area contributed by atoms with E-state index in [1.807, 2.05) is 0 Å². The van der Waals surface area contributed by atoms with Crippen LogP contribution in [0, 0.1) is 11.3 Å². The summed E-state index contributed by atoms with van der Waals surface area (Å²) < 4.78 is 0.304. The minimum absolute atomic E-state index is 0.0493. The van der Waals surface area contributed by atoms with E-state index in [1.165, 1.54) is 18.2 Å². The molecule has 0 aliphatic carbocycles. The van der Waals surface area contributed by atoms with Crippen molar-refractivity contribution in [3.8, 4) is 11.8 Å². The summed E-state index contributed by atoms with van der Waals surface area (Å²) in [5.41, 5.74) is 4.85. The molecule has 0 spiro atoms. The zero-order chi connectivity index (χ0) is 14.6. The number of rotatable bonds is 2. The van der Waals surface area contributed by atoms with Crippen LogP contribution in [0.3, 0.4) is 0 Å². The Hall–Kier alpha value is -2.04. The number of hydrogen-bond acceptors (Lipinski definition) is 4. The highest BCUT2D eigenvalue weighted by Gasteiger charge is 2.12. The minimum atomic E-state index is -1.06. The number of aromatic hydroxyl groups is 1. The van der Waals surface area contributed by atoms with E-state index in [0.717, 1.165) is 0 Å². The van der Waals surface area contributed by atoms with E-state index < -0.39 is 11.9 Å². The molecule has 98 valence electrons. The number of urea groups is 1. The average Bonchev–Trinajstić information content (AvgIpc) is 2.31. The van der Waals surface area contributed by atoms with Gasteiger partial charge in [-0.05, 0) is 39.7 Å². The van der Waals surface area contributed by atoms with Crippen molar-refractivity contribution in [2.75, 3.05) is 0 Å². The van der Waals surface area contributed by atoms with Gasteiger partial charge in [-0.1, -0.05) is 11.6 Å². The van der Waals surface area contributed by atoms with Crippen LogP contribution in [0.15, 0.2) is 22.2 Å². The number of nitrogens with one attached hydrogen (secondary N) is 1. The number of phenolic OH excluding ortho intramolecular Hbond substituents is 1. The normalized spacial score (nSPS) is 10.7. The molecule has 1 rings (SSSR count). The zero-order valence-electron chi connectivity index (χ0n) is 9.28. The summed E-state index contributed by atoms with van der Waals surface area (Å²) in [6, 6.07) is 3.38. The lowest BCUT2D eigenvalue weighted by molar-refractivity contribution is -0.115. The molecule has 0 fully saturated rings. The highest BCUT2D eigenvalue weighted by atomic mass is 79.9. The molecule has 0 saturated carbocycles. The highest BCUT2D eigenvalue weighted by Crippen LogP contribution is 2.33. The number of nitriles is 1. The SMILES string of the molecule is N#C/C(=C/c1cc(Cl)c(O)c(Br)c1)C(=O)NC(N)=O. The number of benzene rings is 1. The summed E-state index contributed by atoms with van der Waals surface area (Å²) in [6.45, 7) is 0. The molecule has 0 unspecified atom stereocenters. The molecule has 0 radical (unpaired) electrons. The lowest BCUT2D eigenvalue weighted by Gasteiger charge is -2.03. The lowest BCUT2D eigenvalue weighted by atomic mass is 10.1. The monoisotopic (exact) mass is 343 g/mol. The van der Waals surface area contributed by atoms with Crippen molar-refractivity contribution in [1.29, 1.82) is 5.26 Å². The van der Waals surface area contributed by atoms with Gasteiger partial charge in [0.25, 0.3) is 5.91 Å². The van der Waals surface area contributed by atoms with E-state index in [2.05, 4.69) is 15.9 Å². The zero-order valence-corrected chi connectivity index (χ0v) is 11.6. The van der Waals surface area contributed by atoms with Gasteiger partial charge >= 0.3 is 6.03 Å². The summed E-state index contributed by atoms with van der Waals surface area (Å²) in [7, 11) is 0. The van der Waals surface area contributed by atoms with E-state index >= 15 is 0 Å². The first-order chi connectivity index (χ1) is 8.85. The number of imide groups is 1. The molecule has 0 atom stereocenters. The number of primary amides is 1. The van der Waals surface area contributed by atoms with Crippen LogP contribution in [0.25, 0.3) is 6.08 Å². The van der Waals surface area contributed by atoms with Crippen molar-refractivity contribution < 1.29 is 14.7 Å². The van der Waals surface area contributed by atoms with Crippen LogP contribution in [0.2, 0.25) is 5.02 Å². The lowest BCUT2D eigenvalue weighted by Crippen LogP contribution is -2.35. The molecule has 6 nitrogen and oxygen atoms in total. The predicted molar refractivity (Wildman–Crippen MR) is 72.1 cm³/mol. The van der Waals surface area contributed by atoms with Crippen molar-refractivity contribution in [3.05, 3.63) is 32.8 Å². The first-order valence-corrected chi connectivity index (χ1v) is 5.93. The Balaban J connectivity index is 3.16. The van der Waals surface area contributed by atoms with Crippen LogP contribution in [-0.2, 0) is 4.79 Å². The van der Waals surface area contributed by atoms with Gasteiger partial charge in [0.1, 0.15) is 17.4 Å². The van der Waals surface area contributed by atoms with Gasteiger partial charge in [-0.25, -0.2) is 4.79 Å². The number of amides is 3. The summed E-state index contributed by atoms with van der Waals surface area (Å²) in [5, 5.41) is 20.1. The van der Waals surface area contributed by atoms with Crippen molar-refractivity contribution >= 4 is 45.5 Å². The van der Waals surface area contributed by atoms with Crippen LogP contribution < -0.4 is 11.1 Å². The maximum atomic E-state index is 11.4. The number of phenols is 1. The molecule has 19 heavy (non-hydrogen) atoms. The molecular weight excluding hydrogens is 337 g/mol. The Kier molecular flexibility index (Phi) is 4.92. The molecule has 0 saturated heterocycles. The van der Waals surface area contributed by atoms with Crippen molar-refractivity contribution in [2.45, 2.75) is 0 Å². The molecule has 1 aromatic carbocycles. The van der Waals surface area contributed by atoms with E-state index in [0.29, 0.717) is 10.0 Å². The van der Waals surface area contributed by atoms with Gasteiger partial charge in [0, 0.05) is 0 Å². The van der Waals surface area contributed by atoms with Crippen molar-refractivity contribution in [1.82, 2.24) is 5.32 Å². The van der Waals surface area contributed by atoms with Crippen molar-refractivity contribution in [2.24, 2.45) is 5.73 Å². The van der Waals surface area contributed by atoms with Crippen LogP contribution in [0.1, 0.15) is 5.56 Å². The summed E-state index contributed by atoms with van der Waals surface area (Å²) >= 11 is 8.81. The Morgan fingerprint density at radius 1 is 1.53 bits per heavy atom. The molecule has 0 aliphatic rings. The van der Waals surface area contributed by atoms with Gasteiger partial charge in [-0.2, -0.15) is 5.26 Å². The second-order valence-corrected chi connectivity index (χ2v) is 4.58. The molecule has 0 bridgehead atoms. The number of nitrogens with two attached hydrogens (primary N) is 1. The smallest absolute Gasteiger partial charge is 0.319 e. The first-order valence-electron chi connectivity index (χ1n) is 4.75. The largest absolute Gasteiger partial charge is 0.505 e. The van der Waals surface area contributed by atoms with Crippen LogP contribution in [0.5, 0.6) is 5.75 Å². The fourth-order valence-electron chi connectivity index (χ4n) is 1.16. The van der Waals surface area contributed by atoms with Crippen molar-refractivity contribution in [3.63, 3.8) is 0 Å². The molecule has 1 aromatic rings. The number of halogens is 2. The predicted octanol–water partition coefficient (Wildman–Crippen LogP) is 1.91. The van der Waals surface area contributed by atoms with E-state index in [-0.39, 0.29) is 16.3 Å². The first kappa shape index (κ1) is 15.0. The summed E-state index contributed by atoms with van der Waals surface area (Å²) in [4.78, 5) is 22.0. The Labute approximate surface area is 121 Å². The number of nitrogens with zero attached hydrogens (tertiary/aromatic N) is 1. The molecule has 0 heterocycles.